The van der Waals surface area contributed by atoms with Crippen molar-refractivity contribution in [3.8, 4) is 0 Å². The number of aliphatic hydroxyl groups excluding tert-OH is 1. The van der Waals surface area contributed by atoms with Crippen LogP contribution in [0.3, 0.4) is 0 Å². The Morgan fingerprint density at radius 2 is 2.03 bits per heavy atom. The van der Waals surface area contributed by atoms with Gasteiger partial charge in [-0.05, 0) is 40.9 Å². The molecule has 0 fully saturated rings. The number of aromatic nitrogens is 1. The van der Waals surface area contributed by atoms with Crippen molar-refractivity contribution in [1.29, 1.82) is 0 Å². The molecule has 0 bridgehead atoms. The number of hydrogen-bond acceptors (Lipinski definition) is 7. The lowest BCUT2D eigenvalue weighted by Crippen LogP contribution is -2.50. The Labute approximate surface area is 170 Å². The Balaban J connectivity index is 1.83. The van der Waals surface area contributed by atoms with E-state index in [2.05, 4.69) is 26.0 Å². The molecule has 1 aliphatic heterocycles. The van der Waals surface area contributed by atoms with Gasteiger partial charge >= 0.3 is 6.03 Å². The highest BCUT2D eigenvalue weighted by Crippen LogP contribution is 2.19. The minimum absolute atomic E-state index is 0.113. The molecule has 0 aromatic carbocycles. The number of ether oxygens (including phenoxy) is 1. The maximum absolute atomic E-state index is 12.3. The zero-order valence-corrected chi connectivity index (χ0v) is 17.4. The minimum Gasteiger partial charge on any atom is -0.394 e. The summed E-state index contributed by atoms with van der Waals surface area (Å²) in [7, 11) is 3.97. The van der Waals surface area contributed by atoms with Crippen molar-refractivity contribution >= 4 is 17.6 Å². The molecule has 0 saturated heterocycles. The van der Waals surface area contributed by atoms with Gasteiger partial charge < -0.3 is 35.2 Å². The van der Waals surface area contributed by atoms with Crippen molar-refractivity contribution < 1.29 is 24.0 Å². The topological polar surface area (TPSA) is 129 Å². The number of aryl methyl sites for hydroxylation is 2. The van der Waals surface area contributed by atoms with E-state index in [4.69, 9.17) is 9.26 Å². The van der Waals surface area contributed by atoms with E-state index in [-0.39, 0.29) is 18.9 Å². The summed E-state index contributed by atoms with van der Waals surface area (Å²) in [5, 5.41) is 21.7. The van der Waals surface area contributed by atoms with Gasteiger partial charge in [-0.25, -0.2) is 4.79 Å². The molecule has 0 spiro atoms. The molecule has 1 aromatic rings. The number of nitrogens with zero attached hydrogens (tertiary/aromatic N) is 2. The van der Waals surface area contributed by atoms with E-state index in [0.717, 1.165) is 13.0 Å². The summed E-state index contributed by atoms with van der Waals surface area (Å²) in [5.41, 5.74) is 1.08. The Hall–Kier alpha value is -2.43. The summed E-state index contributed by atoms with van der Waals surface area (Å²) in [4.78, 5) is 26.4. The standard InChI is InChI=1S/C19H31N5O5/c1-12-18(13(2)29-23-12)22-19(27)21-15-7-6-14(28-16(15)11-25)10-17(26)20-8-5-9-24(3)4/h6-7,14-16,25H,5,8-11H2,1-4H3,(H,20,26)(H2,21,22,27)/t14-,15-,16+/m1/s1. The molecule has 0 saturated carbocycles. The summed E-state index contributed by atoms with van der Waals surface area (Å²) in [6.45, 7) is 4.63. The molecule has 1 aliphatic rings. The van der Waals surface area contributed by atoms with Crippen LogP contribution in [-0.2, 0) is 9.53 Å². The van der Waals surface area contributed by atoms with Gasteiger partial charge in [0.1, 0.15) is 17.5 Å². The van der Waals surface area contributed by atoms with Gasteiger partial charge in [0.05, 0.1) is 25.2 Å². The van der Waals surface area contributed by atoms with Gasteiger partial charge in [-0.3, -0.25) is 4.79 Å². The predicted octanol–water partition coefficient (Wildman–Crippen LogP) is 0.555. The largest absolute Gasteiger partial charge is 0.394 e. The SMILES string of the molecule is Cc1noc(C)c1NC(=O)N[C@@H]1C=C[C@H](CC(=O)NCCCN(C)C)O[C@H]1CO. The molecule has 0 radical (unpaired) electrons. The van der Waals surface area contributed by atoms with Gasteiger partial charge in [-0.2, -0.15) is 0 Å². The monoisotopic (exact) mass is 409 g/mol. The van der Waals surface area contributed by atoms with Crippen LogP contribution in [0.4, 0.5) is 10.5 Å². The van der Waals surface area contributed by atoms with Crippen LogP contribution < -0.4 is 16.0 Å². The first-order valence-electron chi connectivity index (χ1n) is 9.66. The van der Waals surface area contributed by atoms with Gasteiger partial charge in [0.25, 0.3) is 0 Å². The van der Waals surface area contributed by atoms with Crippen LogP contribution in [0.15, 0.2) is 16.7 Å². The quantitative estimate of drug-likeness (QED) is 0.346. The average molecular weight is 409 g/mol. The number of anilines is 1. The van der Waals surface area contributed by atoms with Crippen molar-refractivity contribution in [2.75, 3.05) is 39.1 Å². The summed E-state index contributed by atoms with van der Waals surface area (Å²) >= 11 is 0. The van der Waals surface area contributed by atoms with Crippen LogP contribution >= 0.6 is 0 Å². The molecule has 162 valence electrons. The second kappa shape index (κ2) is 10.9. The summed E-state index contributed by atoms with van der Waals surface area (Å²) in [5.74, 6) is 0.390. The lowest BCUT2D eigenvalue weighted by molar-refractivity contribution is -0.125. The van der Waals surface area contributed by atoms with E-state index in [1.54, 1.807) is 26.0 Å². The number of rotatable bonds is 9. The molecule has 2 heterocycles. The van der Waals surface area contributed by atoms with E-state index in [0.29, 0.717) is 23.7 Å². The van der Waals surface area contributed by atoms with Gasteiger partial charge in [-0.1, -0.05) is 17.3 Å². The fourth-order valence-electron chi connectivity index (χ4n) is 2.98. The van der Waals surface area contributed by atoms with Crippen molar-refractivity contribution in [2.24, 2.45) is 0 Å². The highest BCUT2D eigenvalue weighted by Gasteiger charge is 2.29. The van der Waals surface area contributed by atoms with Crippen LogP contribution in [0, 0.1) is 13.8 Å². The fourth-order valence-corrected chi connectivity index (χ4v) is 2.98. The van der Waals surface area contributed by atoms with Crippen LogP contribution in [-0.4, -0.2) is 79.1 Å². The Kier molecular flexibility index (Phi) is 8.62. The predicted molar refractivity (Wildman–Crippen MR) is 108 cm³/mol. The number of nitrogens with one attached hydrogen (secondary N) is 3. The third-order valence-electron chi connectivity index (χ3n) is 4.52. The lowest BCUT2D eigenvalue weighted by atomic mass is 10.0. The minimum atomic E-state index is -0.651. The van der Waals surface area contributed by atoms with E-state index >= 15 is 0 Å². The molecule has 3 atom stereocenters. The van der Waals surface area contributed by atoms with E-state index in [9.17, 15) is 14.7 Å². The van der Waals surface area contributed by atoms with Gasteiger partial charge in [-0.15, -0.1) is 0 Å². The van der Waals surface area contributed by atoms with Crippen LogP contribution in [0.2, 0.25) is 0 Å². The third kappa shape index (κ3) is 7.15. The fraction of sp³-hybridized carbons (Fsp3) is 0.632. The van der Waals surface area contributed by atoms with Gasteiger partial charge in [0.15, 0.2) is 5.76 Å². The van der Waals surface area contributed by atoms with Crippen molar-refractivity contribution in [2.45, 2.75) is 44.9 Å². The molecular formula is C19H31N5O5. The first-order valence-corrected chi connectivity index (χ1v) is 9.66. The smallest absolute Gasteiger partial charge is 0.319 e. The number of urea groups is 1. The van der Waals surface area contributed by atoms with Crippen molar-refractivity contribution in [3.05, 3.63) is 23.6 Å². The summed E-state index contributed by atoms with van der Waals surface area (Å²) in [6, 6.07) is -0.993. The van der Waals surface area contributed by atoms with E-state index in [1.165, 1.54) is 0 Å². The number of hydrogen-bond donors (Lipinski definition) is 4. The van der Waals surface area contributed by atoms with E-state index < -0.39 is 24.3 Å². The molecule has 29 heavy (non-hydrogen) atoms. The molecule has 10 nitrogen and oxygen atoms in total. The van der Waals surface area contributed by atoms with Gasteiger partial charge in [0.2, 0.25) is 5.91 Å². The molecule has 0 aliphatic carbocycles. The Morgan fingerprint density at radius 3 is 2.66 bits per heavy atom. The van der Waals surface area contributed by atoms with E-state index in [1.807, 2.05) is 14.1 Å². The molecule has 10 heteroatoms. The van der Waals surface area contributed by atoms with Gasteiger partial charge in [0, 0.05) is 6.54 Å². The lowest BCUT2D eigenvalue weighted by Gasteiger charge is -2.31. The number of carbonyl (C=O) groups excluding carboxylic acids is 2. The molecule has 1 aromatic heterocycles. The molecule has 0 unspecified atom stereocenters. The second-order valence-corrected chi connectivity index (χ2v) is 7.31. The zero-order chi connectivity index (χ0) is 21.4. The molecule has 3 amide bonds. The Bertz CT molecular complexity index is 698. The van der Waals surface area contributed by atoms with Crippen molar-refractivity contribution in [3.63, 3.8) is 0 Å². The zero-order valence-electron chi connectivity index (χ0n) is 17.4. The normalized spacial score (nSPS) is 21.2. The van der Waals surface area contributed by atoms with Crippen LogP contribution in [0.25, 0.3) is 0 Å². The number of carbonyl (C=O) groups is 2. The third-order valence-corrected chi connectivity index (χ3v) is 4.52. The first-order chi connectivity index (χ1) is 13.8. The summed E-state index contributed by atoms with van der Waals surface area (Å²) in [6.07, 6.45) is 3.39. The van der Waals surface area contributed by atoms with Crippen LogP contribution in [0.1, 0.15) is 24.3 Å². The maximum atomic E-state index is 12.3. The number of aliphatic hydroxyl groups is 1. The summed E-state index contributed by atoms with van der Waals surface area (Å²) < 4.78 is 10.8. The first kappa shape index (κ1) is 22.9. The highest BCUT2D eigenvalue weighted by atomic mass is 16.5. The molecule has 2 rings (SSSR count). The average Bonchev–Trinajstić information content (AvgIpc) is 2.98. The maximum Gasteiger partial charge on any atom is 0.319 e. The highest BCUT2D eigenvalue weighted by molar-refractivity contribution is 5.90. The molecular weight excluding hydrogens is 378 g/mol. The van der Waals surface area contributed by atoms with Crippen molar-refractivity contribution in [1.82, 2.24) is 20.7 Å². The van der Waals surface area contributed by atoms with Crippen LogP contribution in [0.5, 0.6) is 0 Å². The number of amides is 3. The molecule has 4 N–H and O–H groups in total. The second-order valence-electron chi connectivity index (χ2n) is 7.31. The Morgan fingerprint density at radius 1 is 1.28 bits per heavy atom.